The number of rotatable bonds is 7. The number of ether oxygens (including phenoxy) is 1. The fourth-order valence-corrected chi connectivity index (χ4v) is 3.44. The summed E-state index contributed by atoms with van der Waals surface area (Å²) in [5.41, 5.74) is 3.37. The largest absolute Gasteiger partial charge is 0.497 e. The molecule has 0 aliphatic carbocycles. The third kappa shape index (κ3) is 4.85. The summed E-state index contributed by atoms with van der Waals surface area (Å²) in [7, 11) is 1.66. The van der Waals surface area contributed by atoms with Gasteiger partial charge in [-0.1, -0.05) is 42.0 Å². The van der Waals surface area contributed by atoms with E-state index in [1.54, 1.807) is 7.11 Å². The third-order valence-corrected chi connectivity index (χ3v) is 5.11. The molecule has 0 saturated carbocycles. The highest BCUT2D eigenvalue weighted by molar-refractivity contribution is 5.77. The van der Waals surface area contributed by atoms with E-state index >= 15 is 0 Å². The Labute approximate surface area is 156 Å². The van der Waals surface area contributed by atoms with Crippen LogP contribution in [0, 0.1) is 12.8 Å². The van der Waals surface area contributed by atoms with Gasteiger partial charge in [0, 0.05) is 6.42 Å². The summed E-state index contributed by atoms with van der Waals surface area (Å²) in [5, 5.41) is 6.59. The molecule has 4 heteroatoms. The highest BCUT2D eigenvalue weighted by atomic mass is 16.5. The molecule has 1 amide bonds. The van der Waals surface area contributed by atoms with Gasteiger partial charge in [-0.3, -0.25) is 4.79 Å². The van der Waals surface area contributed by atoms with Gasteiger partial charge in [0.15, 0.2) is 0 Å². The number of amides is 1. The van der Waals surface area contributed by atoms with Gasteiger partial charge in [-0.2, -0.15) is 0 Å². The Morgan fingerprint density at radius 2 is 1.81 bits per heavy atom. The maximum atomic E-state index is 12.6. The molecule has 0 spiro atoms. The molecule has 2 aromatic rings. The molecule has 3 rings (SSSR count). The van der Waals surface area contributed by atoms with Crippen molar-refractivity contribution in [3.8, 4) is 5.75 Å². The monoisotopic (exact) mass is 352 g/mol. The number of hydrogen-bond acceptors (Lipinski definition) is 3. The Bertz CT molecular complexity index is 704. The normalized spacial score (nSPS) is 17.7. The van der Waals surface area contributed by atoms with Crippen LogP contribution in [-0.4, -0.2) is 26.1 Å². The lowest BCUT2D eigenvalue weighted by atomic mass is 9.97. The summed E-state index contributed by atoms with van der Waals surface area (Å²) in [6, 6.07) is 16.1. The summed E-state index contributed by atoms with van der Waals surface area (Å²) >= 11 is 0. The van der Waals surface area contributed by atoms with Gasteiger partial charge in [0.05, 0.1) is 13.2 Å². The molecule has 138 valence electrons. The van der Waals surface area contributed by atoms with Crippen LogP contribution in [0.4, 0.5) is 0 Å². The first-order valence-electron chi connectivity index (χ1n) is 9.36. The van der Waals surface area contributed by atoms with Crippen molar-refractivity contribution in [2.75, 3.05) is 20.2 Å². The first-order chi connectivity index (χ1) is 12.7. The van der Waals surface area contributed by atoms with Gasteiger partial charge < -0.3 is 15.4 Å². The van der Waals surface area contributed by atoms with Crippen molar-refractivity contribution in [3.63, 3.8) is 0 Å². The van der Waals surface area contributed by atoms with Crippen LogP contribution in [0.2, 0.25) is 0 Å². The zero-order valence-corrected chi connectivity index (χ0v) is 15.6. The lowest BCUT2D eigenvalue weighted by molar-refractivity contribution is -0.121. The second-order valence-corrected chi connectivity index (χ2v) is 7.08. The minimum atomic E-state index is -0.143. The zero-order valence-electron chi connectivity index (χ0n) is 15.6. The summed E-state index contributed by atoms with van der Waals surface area (Å²) in [6.45, 7) is 4.18. The Balaban J connectivity index is 1.73. The molecule has 0 aromatic heterocycles. The van der Waals surface area contributed by atoms with Gasteiger partial charge in [0.25, 0.3) is 0 Å². The van der Waals surface area contributed by atoms with Gasteiger partial charge in [-0.05, 0) is 62.0 Å². The number of nitrogens with one attached hydrogen (secondary N) is 2. The van der Waals surface area contributed by atoms with Crippen LogP contribution >= 0.6 is 0 Å². The van der Waals surface area contributed by atoms with E-state index in [1.165, 1.54) is 12.0 Å². The molecular formula is C22H28N2O2. The second-order valence-electron chi connectivity index (χ2n) is 7.08. The summed E-state index contributed by atoms with van der Waals surface area (Å²) in [6.07, 6.45) is 2.69. The molecule has 2 N–H and O–H groups in total. The lowest BCUT2D eigenvalue weighted by Crippen LogP contribution is -2.29. The van der Waals surface area contributed by atoms with Crippen LogP contribution < -0.4 is 15.4 Å². The minimum Gasteiger partial charge on any atom is -0.497 e. The Morgan fingerprint density at radius 3 is 2.38 bits per heavy atom. The predicted octanol–water partition coefficient (Wildman–Crippen LogP) is 3.60. The average molecular weight is 352 g/mol. The van der Waals surface area contributed by atoms with Crippen LogP contribution in [0.3, 0.4) is 0 Å². The van der Waals surface area contributed by atoms with E-state index in [9.17, 15) is 4.79 Å². The molecule has 4 nitrogen and oxygen atoms in total. The number of benzene rings is 2. The minimum absolute atomic E-state index is 0.110. The van der Waals surface area contributed by atoms with E-state index in [2.05, 4.69) is 41.8 Å². The quantitative estimate of drug-likeness (QED) is 0.800. The SMILES string of the molecule is COc1ccc(C(NC(=O)CCC2CCNC2)c2ccc(C)cc2)cc1. The van der Waals surface area contributed by atoms with Crippen molar-refractivity contribution in [1.29, 1.82) is 0 Å². The van der Waals surface area contributed by atoms with Gasteiger partial charge in [0.1, 0.15) is 5.75 Å². The lowest BCUT2D eigenvalue weighted by Gasteiger charge is -2.21. The van der Waals surface area contributed by atoms with E-state index in [1.807, 2.05) is 24.3 Å². The smallest absolute Gasteiger partial charge is 0.220 e. The van der Waals surface area contributed by atoms with Crippen molar-refractivity contribution in [2.24, 2.45) is 5.92 Å². The second kappa shape index (κ2) is 8.86. The number of carbonyl (C=O) groups excluding carboxylic acids is 1. The maximum Gasteiger partial charge on any atom is 0.220 e. The Kier molecular flexibility index (Phi) is 6.29. The van der Waals surface area contributed by atoms with Gasteiger partial charge >= 0.3 is 0 Å². The van der Waals surface area contributed by atoms with Crippen LogP contribution in [0.5, 0.6) is 5.75 Å². The molecule has 1 fully saturated rings. The standard InChI is InChI=1S/C22H28N2O2/c1-16-3-6-18(7-4-16)22(19-8-10-20(26-2)11-9-19)24-21(25)12-5-17-13-14-23-15-17/h3-4,6-11,17,22-23H,5,12-15H2,1-2H3,(H,24,25). The highest BCUT2D eigenvalue weighted by Gasteiger charge is 2.19. The predicted molar refractivity (Wildman–Crippen MR) is 104 cm³/mol. The van der Waals surface area contributed by atoms with Crippen molar-refractivity contribution < 1.29 is 9.53 Å². The van der Waals surface area contributed by atoms with Gasteiger partial charge in [0.2, 0.25) is 5.91 Å². The van der Waals surface area contributed by atoms with E-state index in [4.69, 9.17) is 4.74 Å². The molecule has 2 aromatic carbocycles. The van der Waals surface area contributed by atoms with Crippen LogP contribution in [0.25, 0.3) is 0 Å². The average Bonchev–Trinajstić information content (AvgIpc) is 3.19. The van der Waals surface area contributed by atoms with Crippen LogP contribution in [-0.2, 0) is 4.79 Å². The van der Waals surface area contributed by atoms with Gasteiger partial charge in [-0.25, -0.2) is 0 Å². The van der Waals surface area contributed by atoms with E-state index in [0.717, 1.165) is 36.4 Å². The van der Waals surface area contributed by atoms with Crippen molar-refractivity contribution in [1.82, 2.24) is 10.6 Å². The molecule has 1 saturated heterocycles. The number of methoxy groups -OCH3 is 1. The van der Waals surface area contributed by atoms with Crippen molar-refractivity contribution in [3.05, 3.63) is 65.2 Å². The third-order valence-electron chi connectivity index (χ3n) is 5.11. The zero-order chi connectivity index (χ0) is 18.4. The Morgan fingerprint density at radius 1 is 1.15 bits per heavy atom. The van der Waals surface area contributed by atoms with Crippen LogP contribution in [0.1, 0.15) is 42.0 Å². The molecule has 2 unspecified atom stereocenters. The molecule has 26 heavy (non-hydrogen) atoms. The topological polar surface area (TPSA) is 50.4 Å². The molecule has 0 radical (unpaired) electrons. The highest BCUT2D eigenvalue weighted by Crippen LogP contribution is 2.25. The number of hydrogen-bond donors (Lipinski definition) is 2. The molecule has 1 aliphatic rings. The number of carbonyl (C=O) groups is 1. The summed E-state index contributed by atoms with van der Waals surface area (Å²) in [4.78, 5) is 12.6. The molecular weight excluding hydrogens is 324 g/mol. The first kappa shape index (κ1) is 18.5. The molecule has 1 heterocycles. The van der Waals surface area contributed by atoms with Crippen molar-refractivity contribution >= 4 is 5.91 Å². The van der Waals surface area contributed by atoms with E-state index in [0.29, 0.717) is 12.3 Å². The molecule has 1 aliphatic heterocycles. The van der Waals surface area contributed by atoms with Crippen molar-refractivity contribution in [2.45, 2.75) is 32.2 Å². The fourth-order valence-electron chi connectivity index (χ4n) is 3.44. The Hall–Kier alpha value is -2.33. The summed E-state index contributed by atoms with van der Waals surface area (Å²) in [5.74, 6) is 1.55. The molecule has 0 bridgehead atoms. The fraction of sp³-hybridized carbons (Fsp3) is 0.409. The number of aryl methyl sites for hydroxylation is 1. The summed E-state index contributed by atoms with van der Waals surface area (Å²) < 4.78 is 5.25. The van der Waals surface area contributed by atoms with E-state index < -0.39 is 0 Å². The van der Waals surface area contributed by atoms with Crippen LogP contribution in [0.15, 0.2) is 48.5 Å². The first-order valence-corrected chi connectivity index (χ1v) is 9.36. The maximum absolute atomic E-state index is 12.6. The molecule has 2 atom stereocenters. The van der Waals surface area contributed by atoms with E-state index in [-0.39, 0.29) is 11.9 Å². The van der Waals surface area contributed by atoms with Gasteiger partial charge in [-0.15, -0.1) is 0 Å².